The molecule has 6 nitrogen and oxygen atoms in total. The fourth-order valence-electron chi connectivity index (χ4n) is 5.15. The zero-order chi connectivity index (χ0) is 21.9. The summed E-state index contributed by atoms with van der Waals surface area (Å²) in [6, 6.07) is 16.9. The van der Waals surface area contributed by atoms with Gasteiger partial charge in [0.1, 0.15) is 5.82 Å². The molecule has 3 heterocycles. The normalized spacial score (nSPS) is 19.3. The molecule has 5 rings (SSSR count). The third-order valence-corrected chi connectivity index (χ3v) is 6.92. The van der Waals surface area contributed by atoms with Gasteiger partial charge in [0, 0.05) is 44.8 Å². The lowest BCUT2D eigenvalue weighted by molar-refractivity contribution is 0.0780. The van der Waals surface area contributed by atoms with Gasteiger partial charge >= 0.3 is 0 Å². The highest BCUT2D eigenvalue weighted by molar-refractivity contribution is 5.94. The monoisotopic (exact) mass is 432 g/mol. The van der Waals surface area contributed by atoms with Crippen LogP contribution in [-0.4, -0.2) is 71.2 Å². The van der Waals surface area contributed by atoms with Gasteiger partial charge in [-0.1, -0.05) is 24.3 Å². The van der Waals surface area contributed by atoms with E-state index in [1.807, 2.05) is 29.2 Å². The van der Waals surface area contributed by atoms with Gasteiger partial charge in [-0.2, -0.15) is 0 Å². The third-order valence-electron chi connectivity index (χ3n) is 6.92. The molecule has 0 aliphatic carbocycles. The van der Waals surface area contributed by atoms with Crippen LogP contribution >= 0.6 is 0 Å². The summed E-state index contributed by atoms with van der Waals surface area (Å²) >= 11 is 0. The number of ether oxygens (including phenoxy) is 1. The summed E-state index contributed by atoms with van der Waals surface area (Å²) in [5, 5.41) is 0. The molecule has 32 heavy (non-hydrogen) atoms. The number of methoxy groups -OCH3 is 1. The largest absolute Gasteiger partial charge is 0.383 e. The standard InChI is InChI=1S/C26H32N4O2/c1-32-17-16-30-24-7-3-2-6-23(24)27-25(30)18-20-8-10-21(11-9-20)26(31)29-15-12-22(19-29)28-13-4-5-14-28/h2-3,6-11,22H,4-5,12-19H2,1H3/t22-/m0/s1. The van der Waals surface area contributed by atoms with E-state index in [9.17, 15) is 4.79 Å². The second-order valence-corrected chi connectivity index (χ2v) is 8.97. The van der Waals surface area contributed by atoms with Crippen LogP contribution in [-0.2, 0) is 17.7 Å². The molecular formula is C26H32N4O2. The fraction of sp³-hybridized carbons (Fsp3) is 0.462. The van der Waals surface area contributed by atoms with Gasteiger partial charge in [0.2, 0.25) is 0 Å². The number of aromatic nitrogens is 2. The maximum atomic E-state index is 13.0. The highest BCUT2D eigenvalue weighted by Crippen LogP contribution is 2.23. The van der Waals surface area contributed by atoms with Crippen molar-refractivity contribution in [2.75, 3.05) is 39.9 Å². The number of hydrogen-bond donors (Lipinski definition) is 0. The number of carbonyl (C=O) groups is 1. The Morgan fingerprint density at radius 3 is 2.62 bits per heavy atom. The highest BCUT2D eigenvalue weighted by Gasteiger charge is 2.31. The number of nitrogens with zero attached hydrogens (tertiary/aromatic N) is 4. The first-order valence-corrected chi connectivity index (χ1v) is 11.8. The van der Waals surface area contributed by atoms with Crippen LogP contribution in [0.15, 0.2) is 48.5 Å². The van der Waals surface area contributed by atoms with Gasteiger partial charge in [-0.3, -0.25) is 9.69 Å². The first-order chi connectivity index (χ1) is 15.7. The zero-order valence-corrected chi connectivity index (χ0v) is 18.9. The predicted molar refractivity (Wildman–Crippen MR) is 126 cm³/mol. The SMILES string of the molecule is COCCn1c(Cc2ccc(C(=O)N3CC[C@H](N4CCCC4)C3)cc2)nc2ccccc21. The number of likely N-dealkylation sites (tertiary alicyclic amines) is 2. The summed E-state index contributed by atoms with van der Waals surface area (Å²) in [5.41, 5.74) is 4.08. The lowest BCUT2D eigenvalue weighted by Gasteiger charge is -2.23. The molecule has 2 aromatic carbocycles. The van der Waals surface area contributed by atoms with Crippen molar-refractivity contribution in [1.82, 2.24) is 19.4 Å². The number of imidazole rings is 1. The van der Waals surface area contributed by atoms with Crippen molar-refractivity contribution in [2.45, 2.75) is 38.3 Å². The smallest absolute Gasteiger partial charge is 0.253 e. The Balaban J connectivity index is 1.28. The Bertz CT molecular complexity index is 1070. The van der Waals surface area contributed by atoms with Gasteiger partial charge < -0.3 is 14.2 Å². The van der Waals surface area contributed by atoms with Gasteiger partial charge in [0.25, 0.3) is 5.91 Å². The van der Waals surface area contributed by atoms with E-state index >= 15 is 0 Å². The van der Waals surface area contributed by atoms with Gasteiger partial charge in [0.05, 0.1) is 17.6 Å². The van der Waals surface area contributed by atoms with Gasteiger partial charge in [-0.15, -0.1) is 0 Å². The van der Waals surface area contributed by atoms with Crippen molar-refractivity contribution >= 4 is 16.9 Å². The Hall–Kier alpha value is -2.70. The fourth-order valence-corrected chi connectivity index (χ4v) is 5.15. The van der Waals surface area contributed by atoms with E-state index in [4.69, 9.17) is 9.72 Å². The lowest BCUT2D eigenvalue weighted by Crippen LogP contribution is -2.37. The summed E-state index contributed by atoms with van der Waals surface area (Å²) in [6.07, 6.45) is 4.42. The molecular weight excluding hydrogens is 400 g/mol. The average Bonchev–Trinajstić information content (AvgIpc) is 3.57. The number of rotatable bonds is 7. The Morgan fingerprint density at radius 1 is 1.06 bits per heavy atom. The first-order valence-electron chi connectivity index (χ1n) is 11.8. The molecule has 0 N–H and O–H groups in total. The Kier molecular flexibility index (Phi) is 6.23. The zero-order valence-electron chi connectivity index (χ0n) is 18.9. The minimum Gasteiger partial charge on any atom is -0.383 e. The molecule has 0 unspecified atom stereocenters. The van der Waals surface area contributed by atoms with E-state index in [2.05, 4.69) is 33.7 Å². The Morgan fingerprint density at radius 2 is 1.84 bits per heavy atom. The van der Waals surface area contributed by atoms with E-state index in [0.717, 1.165) is 60.5 Å². The molecule has 2 saturated heterocycles. The summed E-state index contributed by atoms with van der Waals surface area (Å²) in [6.45, 7) is 5.54. The molecule has 0 bridgehead atoms. The molecule has 0 radical (unpaired) electrons. The minimum absolute atomic E-state index is 0.158. The number of para-hydroxylation sites is 2. The van der Waals surface area contributed by atoms with E-state index in [-0.39, 0.29) is 5.91 Å². The first kappa shape index (κ1) is 21.2. The number of fused-ring (bicyclic) bond motifs is 1. The van der Waals surface area contributed by atoms with Crippen LogP contribution in [0.1, 0.15) is 41.0 Å². The van der Waals surface area contributed by atoms with Gasteiger partial charge in [-0.05, 0) is 62.2 Å². The topological polar surface area (TPSA) is 50.6 Å². The number of carbonyl (C=O) groups excluding carboxylic acids is 1. The van der Waals surface area contributed by atoms with Crippen LogP contribution in [0.2, 0.25) is 0 Å². The second kappa shape index (κ2) is 9.43. The van der Waals surface area contributed by atoms with Crippen molar-refractivity contribution in [3.05, 3.63) is 65.5 Å². The third kappa shape index (κ3) is 4.30. The van der Waals surface area contributed by atoms with Crippen LogP contribution in [0, 0.1) is 0 Å². The molecule has 0 spiro atoms. The van der Waals surface area contributed by atoms with E-state index in [1.165, 1.54) is 25.9 Å². The van der Waals surface area contributed by atoms with Crippen molar-refractivity contribution < 1.29 is 9.53 Å². The van der Waals surface area contributed by atoms with E-state index < -0.39 is 0 Å². The van der Waals surface area contributed by atoms with Crippen LogP contribution in [0.5, 0.6) is 0 Å². The molecule has 2 aliphatic heterocycles. The van der Waals surface area contributed by atoms with Crippen molar-refractivity contribution in [2.24, 2.45) is 0 Å². The number of benzene rings is 2. The molecule has 168 valence electrons. The van der Waals surface area contributed by atoms with Crippen LogP contribution in [0.3, 0.4) is 0 Å². The quantitative estimate of drug-likeness (QED) is 0.573. The summed E-state index contributed by atoms with van der Waals surface area (Å²) in [7, 11) is 1.72. The summed E-state index contributed by atoms with van der Waals surface area (Å²) in [4.78, 5) is 22.5. The lowest BCUT2D eigenvalue weighted by atomic mass is 10.1. The molecule has 3 aromatic rings. The van der Waals surface area contributed by atoms with Crippen molar-refractivity contribution in [3.63, 3.8) is 0 Å². The summed E-state index contributed by atoms with van der Waals surface area (Å²) < 4.78 is 7.54. The minimum atomic E-state index is 0.158. The summed E-state index contributed by atoms with van der Waals surface area (Å²) in [5.74, 6) is 1.18. The number of amides is 1. The second-order valence-electron chi connectivity index (χ2n) is 8.97. The maximum Gasteiger partial charge on any atom is 0.253 e. The molecule has 1 atom stereocenters. The van der Waals surface area contributed by atoms with Gasteiger partial charge in [0.15, 0.2) is 0 Å². The average molecular weight is 433 g/mol. The molecule has 2 fully saturated rings. The molecule has 6 heteroatoms. The molecule has 1 aromatic heterocycles. The van der Waals surface area contributed by atoms with Crippen LogP contribution in [0.25, 0.3) is 11.0 Å². The van der Waals surface area contributed by atoms with E-state index in [1.54, 1.807) is 7.11 Å². The van der Waals surface area contributed by atoms with Gasteiger partial charge in [-0.25, -0.2) is 4.98 Å². The predicted octanol–water partition coefficient (Wildman–Crippen LogP) is 3.58. The van der Waals surface area contributed by atoms with Crippen LogP contribution < -0.4 is 0 Å². The highest BCUT2D eigenvalue weighted by atomic mass is 16.5. The van der Waals surface area contributed by atoms with Crippen molar-refractivity contribution in [1.29, 1.82) is 0 Å². The van der Waals surface area contributed by atoms with Crippen LogP contribution in [0.4, 0.5) is 0 Å². The molecule has 1 amide bonds. The number of hydrogen-bond acceptors (Lipinski definition) is 4. The Labute approximate surface area is 189 Å². The van der Waals surface area contributed by atoms with E-state index in [0.29, 0.717) is 12.6 Å². The maximum absolute atomic E-state index is 13.0. The van der Waals surface area contributed by atoms with Crippen molar-refractivity contribution in [3.8, 4) is 0 Å². The molecule has 2 aliphatic rings. The molecule has 0 saturated carbocycles.